The predicted octanol–water partition coefficient (Wildman–Crippen LogP) is 4.07. The topological polar surface area (TPSA) is 47.6 Å². The maximum absolute atomic E-state index is 12.7. The van der Waals surface area contributed by atoms with Crippen LogP contribution in [0.15, 0.2) is 42.5 Å². The summed E-state index contributed by atoms with van der Waals surface area (Å²) in [6.07, 6.45) is 0. The molecule has 0 heterocycles. The summed E-state index contributed by atoms with van der Waals surface area (Å²) in [5.74, 6) is -0.102. The number of hydrogen-bond donors (Lipinski definition) is 2. The molecule has 2 rings (SSSR count). The van der Waals surface area contributed by atoms with Crippen LogP contribution in [-0.2, 0) is 0 Å². The van der Waals surface area contributed by atoms with Crippen LogP contribution in [0.3, 0.4) is 0 Å². The maximum atomic E-state index is 12.7. The third-order valence-electron chi connectivity index (χ3n) is 4.27. The molecule has 0 aliphatic rings. The molecule has 0 saturated heterocycles. The van der Waals surface area contributed by atoms with Crippen molar-refractivity contribution < 1.29 is 4.79 Å². The number of carbonyl (C=O) groups excluding carboxylic acids is 1. The lowest BCUT2D eigenvalue weighted by Gasteiger charge is -2.26. The standard InChI is InChI=1S/C22H32N4O/c1-16(2)23-20-15-18(10-11-21(20)26(6)13-12-25(4)5)22(27)24-19-9-7-8-17(3)14-19/h7-11,14-16,23H,12-13H2,1-6H3,(H,24,27). The zero-order chi connectivity index (χ0) is 20.0. The van der Waals surface area contributed by atoms with E-state index in [9.17, 15) is 4.79 Å². The van der Waals surface area contributed by atoms with Gasteiger partial charge in [-0.05, 0) is 70.8 Å². The minimum Gasteiger partial charge on any atom is -0.381 e. The van der Waals surface area contributed by atoms with Gasteiger partial charge in [0.2, 0.25) is 0 Å². The molecule has 0 fully saturated rings. The molecule has 0 aromatic heterocycles. The molecule has 1 amide bonds. The van der Waals surface area contributed by atoms with E-state index in [2.05, 4.69) is 55.4 Å². The maximum Gasteiger partial charge on any atom is 0.255 e. The fourth-order valence-corrected chi connectivity index (χ4v) is 2.83. The Labute approximate surface area is 163 Å². The van der Waals surface area contributed by atoms with Gasteiger partial charge >= 0.3 is 0 Å². The number of amides is 1. The minimum atomic E-state index is -0.102. The minimum absolute atomic E-state index is 0.102. The van der Waals surface area contributed by atoms with Crippen LogP contribution in [0.5, 0.6) is 0 Å². The third kappa shape index (κ3) is 6.29. The Bertz CT molecular complexity index is 771. The summed E-state index contributed by atoms with van der Waals surface area (Å²) >= 11 is 0. The molecule has 146 valence electrons. The van der Waals surface area contributed by atoms with E-state index in [0.29, 0.717) is 5.56 Å². The normalized spacial score (nSPS) is 11.0. The largest absolute Gasteiger partial charge is 0.381 e. The average molecular weight is 369 g/mol. The lowest BCUT2D eigenvalue weighted by Crippen LogP contribution is -2.29. The van der Waals surface area contributed by atoms with Crippen molar-refractivity contribution in [2.75, 3.05) is 49.8 Å². The molecular formula is C22H32N4O. The number of hydrogen-bond acceptors (Lipinski definition) is 4. The van der Waals surface area contributed by atoms with Gasteiger partial charge in [-0.15, -0.1) is 0 Å². The zero-order valence-corrected chi connectivity index (χ0v) is 17.3. The van der Waals surface area contributed by atoms with E-state index >= 15 is 0 Å². The van der Waals surface area contributed by atoms with Crippen LogP contribution in [0.4, 0.5) is 17.1 Å². The molecule has 0 aliphatic carbocycles. The molecule has 0 unspecified atom stereocenters. The number of likely N-dealkylation sites (N-methyl/N-ethyl adjacent to an activating group) is 2. The highest BCUT2D eigenvalue weighted by molar-refractivity contribution is 6.05. The first-order valence-electron chi connectivity index (χ1n) is 9.40. The van der Waals surface area contributed by atoms with Gasteiger partial charge < -0.3 is 20.4 Å². The Hall–Kier alpha value is -2.53. The van der Waals surface area contributed by atoms with E-state index in [1.807, 2.05) is 49.4 Å². The molecule has 0 aliphatic heterocycles. The highest BCUT2D eigenvalue weighted by Gasteiger charge is 2.14. The van der Waals surface area contributed by atoms with Crippen molar-refractivity contribution in [1.29, 1.82) is 0 Å². The quantitative estimate of drug-likeness (QED) is 0.737. The molecule has 0 radical (unpaired) electrons. The number of rotatable bonds is 8. The van der Waals surface area contributed by atoms with E-state index < -0.39 is 0 Å². The van der Waals surface area contributed by atoms with Gasteiger partial charge in [0.15, 0.2) is 0 Å². The summed E-state index contributed by atoms with van der Waals surface area (Å²) < 4.78 is 0. The molecule has 0 atom stereocenters. The first-order chi connectivity index (χ1) is 12.8. The lowest BCUT2D eigenvalue weighted by molar-refractivity contribution is 0.102. The molecule has 27 heavy (non-hydrogen) atoms. The van der Waals surface area contributed by atoms with Gasteiger partial charge in [-0.2, -0.15) is 0 Å². The Kier molecular flexibility index (Phi) is 7.25. The van der Waals surface area contributed by atoms with E-state index in [4.69, 9.17) is 0 Å². The molecule has 2 aromatic rings. The van der Waals surface area contributed by atoms with Crippen molar-refractivity contribution in [3.63, 3.8) is 0 Å². The molecule has 2 N–H and O–H groups in total. The highest BCUT2D eigenvalue weighted by Crippen LogP contribution is 2.27. The van der Waals surface area contributed by atoms with E-state index in [-0.39, 0.29) is 11.9 Å². The molecule has 5 heteroatoms. The van der Waals surface area contributed by atoms with E-state index in [1.165, 1.54) is 0 Å². The second kappa shape index (κ2) is 9.42. The Morgan fingerprint density at radius 2 is 1.78 bits per heavy atom. The van der Waals surface area contributed by atoms with Gasteiger partial charge in [0, 0.05) is 37.4 Å². The van der Waals surface area contributed by atoms with Crippen LogP contribution in [0.1, 0.15) is 29.8 Å². The third-order valence-corrected chi connectivity index (χ3v) is 4.27. The van der Waals surface area contributed by atoms with Gasteiger partial charge in [-0.25, -0.2) is 0 Å². The van der Waals surface area contributed by atoms with Crippen molar-refractivity contribution in [3.05, 3.63) is 53.6 Å². The van der Waals surface area contributed by atoms with Gasteiger partial charge in [-0.3, -0.25) is 4.79 Å². The molecular weight excluding hydrogens is 336 g/mol. The number of carbonyl (C=O) groups is 1. The second-order valence-corrected chi connectivity index (χ2v) is 7.58. The molecule has 5 nitrogen and oxygen atoms in total. The number of anilines is 3. The summed E-state index contributed by atoms with van der Waals surface area (Å²) in [5, 5.41) is 6.46. The van der Waals surface area contributed by atoms with Crippen LogP contribution < -0.4 is 15.5 Å². The first-order valence-corrected chi connectivity index (χ1v) is 9.40. The van der Waals surface area contributed by atoms with Crippen molar-refractivity contribution in [1.82, 2.24) is 4.90 Å². The van der Waals surface area contributed by atoms with Crippen LogP contribution in [0, 0.1) is 6.92 Å². The predicted molar refractivity (Wildman–Crippen MR) is 116 cm³/mol. The molecule has 0 spiro atoms. The Morgan fingerprint density at radius 3 is 2.41 bits per heavy atom. The van der Waals surface area contributed by atoms with Crippen molar-refractivity contribution in [2.45, 2.75) is 26.8 Å². The summed E-state index contributed by atoms with van der Waals surface area (Å²) in [6.45, 7) is 8.09. The van der Waals surface area contributed by atoms with Crippen molar-refractivity contribution in [3.8, 4) is 0 Å². The monoisotopic (exact) mass is 368 g/mol. The fourth-order valence-electron chi connectivity index (χ4n) is 2.83. The van der Waals surface area contributed by atoms with Crippen LogP contribution >= 0.6 is 0 Å². The summed E-state index contributed by atoms with van der Waals surface area (Å²) in [6, 6.07) is 14.0. The van der Waals surface area contributed by atoms with Gasteiger partial charge in [0.05, 0.1) is 11.4 Å². The van der Waals surface area contributed by atoms with Gasteiger partial charge in [0.25, 0.3) is 5.91 Å². The fraction of sp³-hybridized carbons (Fsp3) is 0.409. The van der Waals surface area contributed by atoms with Gasteiger partial charge in [0.1, 0.15) is 0 Å². The second-order valence-electron chi connectivity index (χ2n) is 7.58. The number of nitrogens with zero attached hydrogens (tertiary/aromatic N) is 2. The van der Waals surface area contributed by atoms with Crippen LogP contribution in [0.2, 0.25) is 0 Å². The smallest absolute Gasteiger partial charge is 0.255 e. The summed E-state index contributed by atoms with van der Waals surface area (Å²) in [4.78, 5) is 17.1. The van der Waals surface area contributed by atoms with Crippen molar-refractivity contribution >= 4 is 23.0 Å². The van der Waals surface area contributed by atoms with Crippen molar-refractivity contribution in [2.24, 2.45) is 0 Å². The number of nitrogens with one attached hydrogen (secondary N) is 2. The zero-order valence-electron chi connectivity index (χ0n) is 17.3. The average Bonchev–Trinajstić information content (AvgIpc) is 2.59. The Balaban J connectivity index is 2.23. The highest BCUT2D eigenvalue weighted by atomic mass is 16.1. The number of benzene rings is 2. The van der Waals surface area contributed by atoms with E-state index in [0.717, 1.165) is 35.7 Å². The Morgan fingerprint density at radius 1 is 1.04 bits per heavy atom. The molecule has 0 saturated carbocycles. The number of aryl methyl sites for hydroxylation is 1. The molecule has 0 bridgehead atoms. The lowest BCUT2D eigenvalue weighted by atomic mass is 10.1. The molecule has 2 aromatic carbocycles. The SMILES string of the molecule is Cc1cccc(NC(=O)c2ccc(N(C)CCN(C)C)c(NC(C)C)c2)c1. The first kappa shape index (κ1) is 20.8. The van der Waals surface area contributed by atoms with E-state index in [1.54, 1.807) is 0 Å². The van der Waals surface area contributed by atoms with Gasteiger partial charge in [-0.1, -0.05) is 12.1 Å². The van der Waals surface area contributed by atoms with Crippen LogP contribution in [-0.4, -0.2) is 51.1 Å². The summed E-state index contributed by atoms with van der Waals surface area (Å²) in [5.41, 5.74) is 4.64. The van der Waals surface area contributed by atoms with Crippen LogP contribution in [0.25, 0.3) is 0 Å². The summed E-state index contributed by atoms with van der Waals surface area (Å²) in [7, 11) is 6.22.